The third kappa shape index (κ3) is 1.75. The molecule has 0 bridgehead atoms. The molecule has 2 unspecified atom stereocenters. The van der Waals surface area contributed by atoms with Crippen LogP contribution in [0.2, 0.25) is 0 Å². The maximum atomic E-state index is 6.04. The van der Waals surface area contributed by atoms with Crippen LogP contribution >= 0.6 is 0 Å². The van der Waals surface area contributed by atoms with Crippen molar-refractivity contribution in [1.82, 2.24) is 0 Å². The lowest BCUT2D eigenvalue weighted by atomic mass is 10.0. The third-order valence-corrected chi connectivity index (χ3v) is 3.52. The molecule has 76 valence electrons. The molecular weight excluding hydrogens is 164 g/mol. The number of hydrogen-bond acceptors (Lipinski definition) is 2. The lowest BCUT2D eigenvalue weighted by Crippen LogP contribution is -2.28. The highest BCUT2D eigenvalue weighted by Gasteiger charge is 2.44. The topological polar surface area (TPSA) is 18.5 Å². The fraction of sp³-hybridized carbons (Fsp3) is 1.00. The van der Waals surface area contributed by atoms with Gasteiger partial charge in [-0.05, 0) is 18.8 Å². The van der Waals surface area contributed by atoms with Crippen molar-refractivity contribution in [2.75, 3.05) is 6.61 Å². The van der Waals surface area contributed by atoms with Crippen LogP contribution in [0.3, 0.4) is 0 Å². The Bertz CT molecular complexity index is 173. The van der Waals surface area contributed by atoms with E-state index in [4.69, 9.17) is 9.47 Å². The first-order valence-electron chi connectivity index (χ1n) is 5.57. The molecule has 1 saturated carbocycles. The molecule has 2 fully saturated rings. The van der Waals surface area contributed by atoms with Crippen molar-refractivity contribution >= 4 is 0 Å². The van der Waals surface area contributed by atoms with Crippen LogP contribution < -0.4 is 0 Å². The summed E-state index contributed by atoms with van der Waals surface area (Å²) in [5, 5.41) is 0. The molecule has 1 heterocycles. The van der Waals surface area contributed by atoms with Gasteiger partial charge in [0.2, 0.25) is 0 Å². The van der Waals surface area contributed by atoms with Gasteiger partial charge in [0.1, 0.15) is 0 Å². The first kappa shape index (κ1) is 9.47. The molecule has 0 N–H and O–H groups in total. The monoisotopic (exact) mass is 184 g/mol. The molecule has 0 radical (unpaired) electrons. The van der Waals surface area contributed by atoms with Gasteiger partial charge in [-0.15, -0.1) is 0 Å². The number of hydrogen-bond donors (Lipinski definition) is 0. The van der Waals surface area contributed by atoms with Gasteiger partial charge >= 0.3 is 0 Å². The summed E-state index contributed by atoms with van der Waals surface area (Å²) < 4.78 is 11.9. The van der Waals surface area contributed by atoms with Crippen molar-refractivity contribution in [2.45, 2.75) is 57.8 Å². The summed E-state index contributed by atoms with van der Waals surface area (Å²) in [6.07, 6.45) is 6.30. The standard InChI is InChI=1S/C11H20O2/c1-3-9(2)10-8-12-11(13-10)6-4-5-7-11/h9-10H,3-8H2,1-2H3. The molecule has 1 aliphatic carbocycles. The van der Waals surface area contributed by atoms with E-state index in [-0.39, 0.29) is 5.79 Å². The summed E-state index contributed by atoms with van der Waals surface area (Å²) in [4.78, 5) is 0. The maximum absolute atomic E-state index is 6.04. The van der Waals surface area contributed by atoms with Crippen molar-refractivity contribution in [3.63, 3.8) is 0 Å². The highest BCUT2D eigenvalue weighted by atomic mass is 16.7. The first-order valence-corrected chi connectivity index (χ1v) is 5.57. The fourth-order valence-electron chi connectivity index (χ4n) is 2.30. The summed E-state index contributed by atoms with van der Waals surface area (Å²) in [5.41, 5.74) is 0. The van der Waals surface area contributed by atoms with Crippen LogP contribution in [0.4, 0.5) is 0 Å². The summed E-state index contributed by atoms with van der Waals surface area (Å²) in [6.45, 7) is 5.28. The third-order valence-electron chi connectivity index (χ3n) is 3.52. The fourth-order valence-corrected chi connectivity index (χ4v) is 2.30. The molecule has 0 aromatic carbocycles. The van der Waals surface area contributed by atoms with Gasteiger partial charge in [-0.2, -0.15) is 0 Å². The van der Waals surface area contributed by atoms with Gasteiger partial charge < -0.3 is 9.47 Å². The molecule has 0 aromatic rings. The Morgan fingerprint density at radius 1 is 1.38 bits per heavy atom. The van der Waals surface area contributed by atoms with Gasteiger partial charge in [0.15, 0.2) is 5.79 Å². The zero-order valence-corrected chi connectivity index (χ0v) is 8.71. The van der Waals surface area contributed by atoms with Crippen LogP contribution in [-0.4, -0.2) is 18.5 Å². The molecular formula is C11H20O2. The Labute approximate surface area is 80.6 Å². The molecule has 2 nitrogen and oxygen atoms in total. The Morgan fingerprint density at radius 3 is 2.69 bits per heavy atom. The van der Waals surface area contributed by atoms with E-state index < -0.39 is 0 Å². The normalized spacial score (nSPS) is 34.2. The van der Waals surface area contributed by atoms with Gasteiger partial charge in [0, 0.05) is 12.8 Å². The molecule has 13 heavy (non-hydrogen) atoms. The van der Waals surface area contributed by atoms with Gasteiger partial charge in [-0.25, -0.2) is 0 Å². The van der Waals surface area contributed by atoms with Gasteiger partial charge in [0.25, 0.3) is 0 Å². The van der Waals surface area contributed by atoms with Crippen molar-refractivity contribution in [1.29, 1.82) is 0 Å². The Kier molecular flexibility index (Phi) is 2.61. The molecule has 1 aliphatic heterocycles. The number of ether oxygens (including phenoxy) is 2. The smallest absolute Gasteiger partial charge is 0.168 e. The minimum absolute atomic E-state index is 0.159. The van der Waals surface area contributed by atoms with Crippen molar-refractivity contribution < 1.29 is 9.47 Å². The van der Waals surface area contributed by atoms with Crippen LogP contribution in [0, 0.1) is 5.92 Å². The van der Waals surface area contributed by atoms with E-state index in [1.807, 2.05) is 0 Å². The molecule has 2 heteroatoms. The van der Waals surface area contributed by atoms with Crippen LogP contribution in [0.15, 0.2) is 0 Å². The minimum Gasteiger partial charge on any atom is -0.347 e. The molecule has 0 amide bonds. The minimum atomic E-state index is -0.159. The van der Waals surface area contributed by atoms with Crippen molar-refractivity contribution in [3.8, 4) is 0 Å². The summed E-state index contributed by atoms with van der Waals surface area (Å²) >= 11 is 0. The Hall–Kier alpha value is -0.0800. The molecule has 1 spiro atoms. The molecule has 2 rings (SSSR count). The zero-order valence-electron chi connectivity index (χ0n) is 8.71. The summed E-state index contributed by atoms with van der Waals surface area (Å²) in [6, 6.07) is 0. The SMILES string of the molecule is CCC(C)C1COC2(CCCC2)O1. The van der Waals surface area contributed by atoms with Crippen LogP contribution in [0.5, 0.6) is 0 Å². The average molecular weight is 184 g/mol. The quantitative estimate of drug-likeness (QED) is 0.657. The van der Waals surface area contributed by atoms with Gasteiger partial charge in [-0.3, -0.25) is 0 Å². The second-order valence-corrected chi connectivity index (χ2v) is 4.47. The van der Waals surface area contributed by atoms with Gasteiger partial charge in [-0.1, -0.05) is 20.3 Å². The summed E-state index contributed by atoms with van der Waals surface area (Å²) in [5.74, 6) is 0.480. The molecule has 2 aliphatic rings. The highest BCUT2D eigenvalue weighted by molar-refractivity contribution is 4.85. The predicted molar refractivity (Wildman–Crippen MR) is 51.5 cm³/mol. The Morgan fingerprint density at radius 2 is 2.08 bits per heavy atom. The second kappa shape index (κ2) is 3.58. The van der Waals surface area contributed by atoms with E-state index in [1.54, 1.807) is 0 Å². The molecule has 0 aromatic heterocycles. The first-order chi connectivity index (χ1) is 6.26. The Balaban J connectivity index is 1.93. The van der Waals surface area contributed by atoms with E-state index in [9.17, 15) is 0 Å². The van der Waals surface area contributed by atoms with Gasteiger partial charge in [0.05, 0.1) is 12.7 Å². The molecule has 1 saturated heterocycles. The second-order valence-electron chi connectivity index (χ2n) is 4.47. The maximum Gasteiger partial charge on any atom is 0.168 e. The van der Waals surface area contributed by atoms with E-state index in [0.717, 1.165) is 19.4 Å². The summed E-state index contributed by atoms with van der Waals surface area (Å²) in [7, 11) is 0. The van der Waals surface area contributed by atoms with Crippen molar-refractivity contribution in [3.05, 3.63) is 0 Å². The number of rotatable bonds is 2. The van der Waals surface area contributed by atoms with Crippen LogP contribution in [0.25, 0.3) is 0 Å². The van der Waals surface area contributed by atoms with E-state index in [0.29, 0.717) is 12.0 Å². The lowest BCUT2D eigenvalue weighted by molar-refractivity contribution is -0.166. The average Bonchev–Trinajstić information content (AvgIpc) is 2.76. The highest BCUT2D eigenvalue weighted by Crippen LogP contribution is 2.40. The van der Waals surface area contributed by atoms with E-state index in [2.05, 4.69) is 13.8 Å². The van der Waals surface area contributed by atoms with E-state index >= 15 is 0 Å². The zero-order chi connectivity index (χ0) is 9.31. The van der Waals surface area contributed by atoms with E-state index in [1.165, 1.54) is 19.3 Å². The lowest BCUT2D eigenvalue weighted by Gasteiger charge is -2.23. The predicted octanol–water partition coefficient (Wildman–Crippen LogP) is 2.72. The molecule has 2 atom stereocenters. The van der Waals surface area contributed by atoms with Crippen LogP contribution in [0.1, 0.15) is 46.0 Å². The van der Waals surface area contributed by atoms with Crippen LogP contribution in [-0.2, 0) is 9.47 Å². The van der Waals surface area contributed by atoms with Crippen molar-refractivity contribution in [2.24, 2.45) is 5.92 Å². The largest absolute Gasteiger partial charge is 0.347 e.